The molecule has 50 valence electrons. The van der Waals surface area contributed by atoms with Gasteiger partial charge in [0, 0.05) is 6.04 Å². The molecule has 0 saturated carbocycles. The van der Waals surface area contributed by atoms with Crippen molar-refractivity contribution in [1.82, 2.24) is 0 Å². The Morgan fingerprint density at radius 3 is 3.00 bits per heavy atom. The van der Waals surface area contributed by atoms with Gasteiger partial charge in [-0.25, -0.2) is 0 Å². The second kappa shape index (κ2) is 2.78. The van der Waals surface area contributed by atoms with Gasteiger partial charge >= 0.3 is 0 Å². The minimum atomic E-state index is 0.286. The zero-order valence-electron chi connectivity index (χ0n) is 5.34. The first kappa shape index (κ1) is 6.49. The molecule has 2 nitrogen and oxygen atoms in total. The third-order valence-electron chi connectivity index (χ3n) is 1.64. The van der Waals surface area contributed by atoms with Gasteiger partial charge in [-0.2, -0.15) is 0 Å². The van der Waals surface area contributed by atoms with Crippen LogP contribution in [-0.2, 0) is 4.79 Å². The smallest absolute Gasteiger partial charge is 0.145 e. The molecule has 0 heterocycles. The minimum Gasteiger partial charge on any atom is -0.327 e. The summed E-state index contributed by atoms with van der Waals surface area (Å²) in [6.07, 6.45) is 5.55. The average molecular weight is 125 g/mol. The van der Waals surface area contributed by atoms with Crippen LogP contribution in [-0.4, -0.2) is 12.3 Å². The van der Waals surface area contributed by atoms with Crippen molar-refractivity contribution in [2.75, 3.05) is 0 Å². The summed E-state index contributed by atoms with van der Waals surface area (Å²) in [7, 11) is 0. The van der Waals surface area contributed by atoms with E-state index in [-0.39, 0.29) is 6.04 Å². The molecule has 0 aromatic carbocycles. The van der Waals surface area contributed by atoms with Gasteiger partial charge in [-0.3, -0.25) is 4.79 Å². The second-order valence-corrected chi connectivity index (χ2v) is 2.43. The van der Waals surface area contributed by atoms with Crippen molar-refractivity contribution >= 4 is 6.29 Å². The lowest BCUT2D eigenvalue weighted by Crippen LogP contribution is -2.21. The van der Waals surface area contributed by atoms with Crippen LogP contribution in [0.4, 0.5) is 0 Å². The van der Waals surface area contributed by atoms with Crippen molar-refractivity contribution in [2.45, 2.75) is 25.3 Å². The van der Waals surface area contributed by atoms with Gasteiger partial charge < -0.3 is 5.73 Å². The molecule has 2 N–H and O–H groups in total. The predicted octanol–water partition coefficient (Wildman–Crippen LogP) is 0.623. The number of carbonyl (C=O) groups is 1. The Morgan fingerprint density at radius 1 is 1.78 bits per heavy atom. The average Bonchev–Trinajstić information content (AvgIpc) is 1.90. The summed E-state index contributed by atoms with van der Waals surface area (Å²) in [5.41, 5.74) is 6.50. The Kier molecular flexibility index (Phi) is 2.01. The molecule has 0 bridgehead atoms. The molecule has 1 atom stereocenters. The van der Waals surface area contributed by atoms with Crippen molar-refractivity contribution in [3.05, 3.63) is 11.6 Å². The summed E-state index contributed by atoms with van der Waals surface area (Å²) in [4.78, 5) is 10.2. The fourth-order valence-corrected chi connectivity index (χ4v) is 0.982. The van der Waals surface area contributed by atoms with Crippen LogP contribution in [0.15, 0.2) is 11.6 Å². The molecule has 0 amide bonds. The van der Waals surface area contributed by atoms with Crippen LogP contribution in [0, 0.1) is 0 Å². The molecule has 0 aromatic rings. The van der Waals surface area contributed by atoms with Crippen LogP contribution in [0.1, 0.15) is 19.3 Å². The first-order valence-corrected chi connectivity index (χ1v) is 3.22. The van der Waals surface area contributed by atoms with Crippen LogP contribution in [0.3, 0.4) is 0 Å². The zero-order valence-corrected chi connectivity index (χ0v) is 5.34. The van der Waals surface area contributed by atoms with Gasteiger partial charge in [0.05, 0.1) is 0 Å². The molecule has 1 rings (SSSR count). The van der Waals surface area contributed by atoms with E-state index in [1.807, 2.05) is 6.08 Å². The molecule has 0 saturated heterocycles. The number of rotatable bonds is 1. The molecule has 0 fully saturated rings. The highest BCUT2D eigenvalue weighted by molar-refractivity contribution is 5.73. The number of allylic oxidation sites excluding steroid dienone is 1. The largest absolute Gasteiger partial charge is 0.327 e. The maximum Gasteiger partial charge on any atom is 0.145 e. The van der Waals surface area contributed by atoms with E-state index in [1.165, 1.54) is 0 Å². The van der Waals surface area contributed by atoms with E-state index < -0.39 is 0 Å². The molecular formula is C7H11NO. The number of aldehydes is 1. The van der Waals surface area contributed by atoms with Gasteiger partial charge in [0.2, 0.25) is 0 Å². The van der Waals surface area contributed by atoms with Gasteiger partial charge in [0.1, 0.15) is 6.29 Å². The molecule has 0 aromatic heterocycles. The maximum atomic E-state index is 10.2. The van der Waals surface area contributed by atoms with Crippen molar-refractivity contribution in [3.8, 4) is 0 Å². The Labute approximate surface area is 54.7 Å². The first-order valence-electron chi connectivity index (χ1n) is 3.22. The Hall–Kier alpha value is -0.630. The van der Waals surface area contributed by atoms with Crippen molar-refractivity contribution in [3.63, 3.8) is 0 Å². The summed E-state index contributed by atoms with van der Waals surface area (Å²) < 4.78 is 0. The number of carbonyl (C=O) groups excluding carboxylic acids is 1. The lowest BCUT2D eigenvalue weighted by molar-refractivity contribution is -0.105. The number of hydrogen-bond acceptors (Lipinski definition) is 2. The third kappa shape index (κ3) is 1.64. The van der Waals surface area contributed by atoms with E-state index in [0.717, 1.165) is 31.1 Å². The quantitative estimate of drug-likeness (QED) is 0.522. The van der Waals surface area contributed by atoms with Gasteiger partial charge in [0.25, 0.3) is 0 Å². The third-order valence-corrected chi connectivity index (χ3v) is 1.64. The standard InChI is InChI=1S/C7H11NO/c8-7-3-1-6(5-9)2-4-7/h1,5,7H,2-4,8H2/t7-/m1/s1. The summed E-state index contributed by atoms with van der Waals surface area (Å²) in [5.74, 6) is 0. The van der Waals surface area contributed by atoms with Gasteiger partial charge in [0.15, 0.2) is 0 Å². The number of nitrogens with two attached hydrogens (primary N) is 1. The van der Waals surface area contributed by atoms with Crippen LogP contribution >= 0.6 is 0 Å². The fraction of sp³-hybridized carbons (Fsp3) is 0.571. The highest BCUT2D eigenvalue weighted by Crippen LogP contribution is 2.14. The lowest BCUT2D eigenvalue weighted by Gasteiger charge is -2.13. The fourth-order valence-electron chi connectivity index (χ4n) is 0.982. The maximum absolute atomic E-state index is 10.2. The first-order chi connectivity index (χ1) is 4.33. The molecule has 9 heavy (non-hydrogen) atoms. The van der Waals surface area contributed by atoms with Crippen molar-refractivity contribution in [1.29, 1.82) is 0 Å². The van der Waals surface area contributed by atoms with Gasteiger partial charge in [-0.15, -0.1) is 0 Å². The SMILES string of the molecule is N[C@@H]1CC=C(C=O)CC1. The van der Waals surface area contributed by atoms with Crippen molar-refractivity contribution in [2.24, 2.45) is 5.73 Å². The van der Waals surface area contributed by atoms with E-state index in [2.05, 4.69) is 0 Å². The van der Waals surface area contributed by atoms with Crippen LogP contribution in [0.25, 0.3) is 0 Å². The Balaban J connectivity index is 2.49. The highest BCUT2D eigenvalue weighted by atomic mass is 16.1. The Bertz CT molecular complexity index is 140. The monoisotopic (exact) mass is 125 g/mol. The van der Waals surface area contributed by atoms with E-state index in [9.17, 15) is 4.79 Å². The van der Waals surface area contributed by atoms with Crippen LogP contribution in [0.5, 0.6) is 0 Å². The molecule has 0 spiro atoms. The molecular weight excluding hydrogens is 114 g/mol. The minimum absolute atomic E-state index is 0.286. The van der Waals surface area contributed by atoms with Gasteiger partial charge in [-0.05, 0) is 24.8 Å². The van der Waals surface area contributed by atoms with Crippen molar-refractivity contribution < 1.29 is 4.79 Å². The van der Waals surface area contributed by atoms with E-state index in [1.54, 1.807) is 0 Å². The van der Waals surface area contributed by atoms with Gasteiger partial charge in [-0.1, -0.05) is 6.08 Å². The summed E-state index contributed by atoms with van der Waals surface area (Å²) in [5, 5.41) is 0. The predicted molar refractivity (Wildman–Crippen MR) is 36.0 cm³/mol. The topological polar surface area (TPSA) is 43.1 Å². The molecule has 1 aliphatic rings. The summed E-state index contributed by atoms with van der Waals surface area (Å²) in [6, 6.07) is 0.286. The normalized spacial score (nSPS) is 27.2. The van der Waals surface area contributed by atoms with Crippen LogP contribution < -0.4 is 5.73 Å². The second-order valence-electron chi connectivity index (χ2n) is 2.43. The van der Waals surface area contributed by atoms with E-state index in [4.69, 9.17) is 5.73 Å². The zero-order chi connectivity index (χ0) is 6.69. The van der Waals surface area contributed by atoms with Crippen LogP contribution in [0.2, 0.25) is 0 Å². The summed E-state index contributed by atoms with van der Waals surface area (Å²) in [6.45, 7) is 0. The van der Waals surface area contributed by atoms with E-state index in [0.29, 0.717) is 0 Å². The molecule has 0 unspecified atom stereocenters. The lowest BCUT2D eigenvalue weighted by atomic mass is 9.97. The highest BCUT2D eigenvalue weighted by Gasteiger charge is 2.08. The molecule has 0 aliphatic heterocycles. The molecule has 0 radical (unpaired) electrons. The summed E-state index contributed by atoms with van der Waals surface area (Å²) >= 11 is 0. The Morgan fingerprint density at radius 2 is 2.56 bits per heavy atom. The van der Waals surface area contributed by atoms with E-state index >= 15 is 0 Å². The molecule has 1 aliphatic carbocycles. The molecule has 2 heteroatoms. The number of hydrogen-bond donors (Lipinski definition) is 1.